The Balaban J connectivity index is 2.08. The maximum absolute atomic E-state index is 12.3. The highest BCUT2D eigenvalue weighted by molar-refractivity contribution is 7.12. The van der Waals surface area contributed by atoms with E-state index in [1.54, 1.807) is 0 Å². The molecule has 1 aromatic heterocycles. The molecule has 0 atom stereocenters. The molecule has 4 heteroatoms. The lowest BCUT2D eigenvalue weighted by Crippen LogP contribution is -2.43. The van der Waals surface area contributed by atoms with Crippen molar-refractivity contribution in [2.45, 2.75) is 44.6 Å². The van der Waals surface area contributed by atoms with Gasteiger partial charge in [0.15, 0.2) is 0 Å². The maximum Gasteiger partial charge on any atom is 0.263 e. The van der Waals surface area contributed by atoms with E-state index in [9.17, 15) is 4.79 Å². The number of amides is 1. The minimum absolute atomic E-state index is 0.0206. The van der Waals surface area contributed by atoms with Crippen LogP contribution >= 0.6 is 11.3 Å². The number of nitrogens with one attached hydrogen (secondary N) is 1. The van der Waals surface area contributed by atoms with E-state index in [0.29, 0.717) is 11.3 Å². The van der Waals surface area contributed by atoms with Gasteiger partial charge >= 0.3 is 0 Å². The van der Waals surface area contributed by atoms with E-state index in [-0.39, 0.29) is 18.1 Å². The van der Waals surface area contributed by atoms with Crippen molar-refractivity contribution in [2.75, 3.05) is 6.61 Å². The average Bonchev–Trinajstić information content (AvgIpc) is 2.99. The van der Waals surface area contributed by atoms with Crippen molar-refractivity contribution in [3.8, 4) is 11.8 Å². The molecular weight excluding hydrogens is 258 g/mol. The molecule has 1 heterocycles. The molecule has 1 aliphatic rings. The van der Waals surface area contributed by atoms with E-state index in [1.807, 2.05) is 11.4 Å². The predicted molar refractivity (Wildman–Crippen MR) is 77.2 cm³/mol. The Bertz CT molecular complexity index is 504. The summed E-state index contributed by atoms with van der Waals surface area (Å²) >= 11 is 1.42. The molecule has 0 aliphatic heterocycles. The summed E-state index contributed by atoms with van der Waals surface area (Å²) in [5.74, 6) is 5.79. The minimum atomic E-state index is -0.0587. The van der Waals surface area contributed by atoms with Crippen molar-refractivity contribution >= 4 is 17.2 Å². The van der Waals surface area contributed by atoms with Crippen LogP contribution < -0.4 is 5.32 Å². The smallest absolute Gasteiger partial charge is 0.263 e. The Morgan fingerprint density at radius 2 is 2.26 bits per heavy atom. The first-order valence-corrected chi connectivity index (χ1v) is 7.52. The molecule has 0 aromatic carbocycles. The molecule has 3 nitrogen and oxygen atoms in total. The minimum Gasteiger partial charge on any atom is -0.395 e. The molecule has 0 bridgehead atoms. The second kappa shape index (κ2) is 6.23. The summed E-state index contributed by atoms with van der Waals surface area (Å²) in [5, 5.41) is 13.7. The van der Waals surface area contributed by atoms with E-state index in [2.05, 4.69) is 24.1 Å². The van der Waals surface area contributed by atoms with Gasteiger partial charge in [-0.05, 0) is 31.2 Å². The summed E-state index contributed by atoms with van der Waals surface area (Å²) in [4.78, 5) is 13.0. The van der Waals surface area contributed by atoms with Crippen LogP contribution in [0, 0.1) is 11.8 Å². The second-order valence-corrected chi connectivity index (χ2v) is 6.08. The Morgan fingerprint density at radius 3 is 2.95 bits per heavy atom. The third kappa shape index (κ3) is 3.59. The fraction of sp³-hybridized carbons (Fsp3) is 0.533. The Hall–Kier alpha value is -1.31. The van der Waals surface area contributed by atoms with Gasteiger partial charge in [0.25, 0.3) is 5.91 Å². The molecule has 2 N–H and O–H groups in total. The van der Waals surface area contributed by atoms with Crippen LogP contribution in [-0.4, -0.2) is 23.2 Å². The van der Waals surface area contributed by atoms with Gasteiger partial charge in [0.2, 0.25) is 0 Å². The lowest BCUT2D eigenvalue weighted by molar-refractivity contribution is 0.0912. The topological polar surface area (TPSA) is 49.3 Å². The van der Waals surface area contributed by atoms with Crippen molar-refractivity contribution in [3.05, 3.63) is 21.9 Å². The van der Waals surface area contributed by atoms with Crippen molar-refractivity contribution < 1.29 is 9.90 Å². The van der Waals surface area contributed by atoms with Gasteiger partial charge in [-0.15, -0.1) is 11.3 Å². The van der Waals surface area contributed by atoms with Crippen LogP contribution in [0.4, 0.5) is 0 Å². The molecule has 0 saturated heterocycles. The Labute approximate surface area is 118 Å². The molecule has 0 spiro atoms. The highest BCUT2D eigenvalue weighted by Crippen LogP contribution is 2.29. The molecule has 0 radical (unpaired) electrons. The predicted octanol–water partition coefficient (Wildman–Crippen LogP) is 2.54. The number of aliphatic hydroxyl groups is 1. The highest BCUT2D eigenvalue weighted by Gasteiger charge is 2.31. The van der Waals surface area contributed by atoms with Crippen LogP contribution in [0.3, 0.4) is 0 Å². The number of hydrogen-bond acceptors (Lipinski definition) is 3. The number of thiophene rings is 1. The van der Waals surface area contributed by atoms with Gasteiger partial charge in [-0.2, -0.15) is 0 Å². The van der Waals surface area contributed by atoms with Gasteiger partial charge < -0.3 is 10.4 Å². The summed E-state index contributed by atoms with van der Waals surface area (Å²) in [5.41, 5.74) is 0.703. The largest absolute Gasteiger partial charge is 0.395 e. The van der Waals surface area contributed by atoms with Crippen molar-refractivity contribution in [2.24, 2.45) is 0 Å². The standard InChI is InChI=1S/C15H19NO2S/c1-15(8-3-4-9-15)16-14(18)13-12(7-11-19-13)6-2-5-10-17/h7,11,17H,3-5,8-10H2,1H3,(H,16,18). The van der Waals surface area contributed by atoms with Crippen LogP contribution in [0.25, 0.3) is 0 Å². The Kier molecular flexibility index (Phi) is 4.62. The first-order valence-electron chi connectivity index (χ1n) is 6.64. The summed E-state index contributed by atoms with van der Waals surface area (Å²) in [6.07, 6.45) is 4.91. The van der Waals surface area contributed by atoms with E-state index in [0.717, 1.165) is 18.4 Å². The number of aliphatic hydroxyl groups excluding tert-OH is 1. The monoisotopic (exact) mass is 277 g/mol. The molecule has 2 rings (SSSR count). The van der Waals surface area contributed by atoms with E-state index >= 15 is 0 Å². The second-order valence-electron chi connectivity index (χ2n) is 5.16. The summed E-state index contributed by atoms with van der Waals surface area (Å²) in [6.45, 7) is 2.17. The van der Waals surface area contributed by atoms with Gasteiger partial charge in [0.1, 0.15) is 4.88 Å². The summed E-state index contributed by atoms with van der Waals surface area (Å²) in [7, 11) is 0. The zero-order chi connectivity index (χ0) is 13.7. The summed E-state index contributed by atoms with van der Waals surface area (Å²) in [6, 6.07) is 1.86. The number of carbonyl (C=O) groups is 1. The van der Waals surface area contributed by atoms with E-state index in [4.69, 9.17) is 5.11 Å². The van der Waals surface area contributed by atoms with Crippen LogP contribution in [0.1, 0.15) is 54.3 Å². The fourth-order valence-corrected chi connectivity index (χ4v) is 3.15. The zero-order valence-electron chi connectivity index (χ0n) is 11.2. The van der Waals surface area contributed by atoms with Gasteiger partial charge in [-0.1, -0.05) is 24.7 Å². The van der Waals surface area contributed by atoms with Crippen molar-refractivity contribution in [1.29, 1.82) is 0 Å². The number of rotatable bonds is 3. The van der Waals surface area contributed by atoms with E-state index in [1.165, 1.54) is 24.2 Å². The van der Waals surface area contributed by atoms with Crippen LogP contribution in [0.5, 0.6) is 0 Å². The molecule has 1 aliphatic carbocycles. The van der Waals surface area contributed by atoms with Crippen molar-refractivity contribution in [1.82, 2.24) is 5.32 Å². The third-order valence-corrected chi connectivity index (χ3v) is 4.37. The molecule has 19 heavy (non-hydrogen) atoms. The lowest BCUT2D eigenvalue weighted by atomic mass is 10.0. The molecule has 1 saturated carbocycles. The first kappa shape index (κ1) is 14.1. The quantitative estimate of drug-likeness (QED) is 0.834. The molecule has 1 aromatic rings. The first-order chi connectivity index (χ1) is 9.14. The molecule has 102 valence electrons. The molecule has 1 amide bonds. The van der Waals surface area contributed by atoms with Gasteiger partial charge in [-0.25, -0.2) is 0 Å². The maximum atomic E-state index is 12.3. The van der Waals surface area contributed by atoms with Gasteiger partial charge in [0.05, 0.1) is 6.61 Å². The normalized spacial score (nSPS) is 16.7. The number of hydrogen-bond donors (Lipinski definition) is 2. The average molecular weight is 277 g/mol. The fourth-order valence-electron chi connectivity index (χ4n) is 2.41. The molecule has 0 unspecified atom stereocenters. The summed E-state index contributed by atoms with van der Waals surface area (Å²) < 4.78 is 0. The van der Waals surface area contributed by atoms with Crippen molar-refractivity contribution in [3.63, 3.8) is 0 Å². The van der Waals surface area contributed by atoms with Gasteiger partial charge in [0, 0.05) is 17.5 Å². The SMILES string of the molecule is CC1(NC(=O)c2sccc2C#CCCO)CCCC1. The molecular formula is C15H19NO2S. The van der Waals surface area contributed by atoms with Gasteiger partial charge in [-0.3, -0.25) is 4.79 Å². The third-order valence-electron chi connectivity index (χ3n) is 3.45. The lowest BCUT2D eigenvalue weighted by Gasteiger charge is -2.24. The van der Waals surface area contributed by atoms with E-state index < -0.39 is 0 Å². The number of carbonyl (C=O) groups excluding carboxylic acids is 1. The zero-order valence-corrected chi connectivity index (χ0v) is 12.0. The molecule has 1 fully saturated rings. The van der Waals surface area contributed by atoms with Crippen LogP contribution in [-0.2, 0) is 0 Å². The highest BCUT2D eigenvalue weighted by atomic mass is 32.1. The Morgan fingerprint density at radius 1 is 1.53 bits per heavy atom. The van der Waals surface area contributed by atoms with Crippen LogP contribution in [0.15, 0.2) is 11.4 Å². The van der Waals surface area contributed by atoms with Crippen LogP contribution in [0.2, 0.25) is 0 Å².